The van der Waals surface area contributed by atoms with Gasteiger partial charge in [0.05, 0.1) is 11.6 Å². The predicted octanol–water partition coefficient (Wildman–Crippen LogP) is 3.88. The molecule has 0 aromatic heterocycles. The summed E-state index contributed by atoms with van der Waals surface area (Å²) in [6, 6.07) is 10.4. The Morgan fingerprint density at radius 3 is 2.43 bits per heavy atom. The van der Waals surface area contributed by atoms with Crippen LogP contribution in [0.4, 0.5) is 5.69 Å². The summed E-state index contributed by atoms with van der Waals surface area (Å²) in [4.78, 5) is 10.9. The molecule has 0 bridgehead atoms. The molecule has 0 saturated carbocycles. The Morgan fingerprint density at radius 2 is 1.86 bits per heavy atom. The lowest BCUT2D eigenvalue weighted by Gasteiger charge is -2.19. The van der Waals surface area contributed by atoms with Crippen molar-refractivity contribution in [2.24, 2.45) is 0 Å². The molecule has 0 amide bonds. The van der Waals surface area contributed by atoms with Gasteiger partial charge < -0.3 is 15.5 Å². The summed E-state index contributed by atoms with van der Waals surface area (Å²) in [6.45, 7) is 5.74. The van der Waals surface area contributed by atoms with Crippen LogP contribution >= 0.6 is 0 Å². The first-order valence-corrected chi connectivity index (χ1v) is 6.78. The third kappa shape index (κ3) is 3.34. The van der Waals surface area contributed by atoms with Gasteiger partial charge in [0, 0.05) is 11.3 Å². The van der Waals surface area contributed by atoms with Crippen molar-refractivity contribution in [2.75, 3.05) is 5.32 Å². The number of carbonyl (C=O) groups is 1. The highest BCUT2D eigenvalue weighted by Gasteiger charge is 2.12. The number of phenols is 1. The van der Waals surface area contributed by atoms with Crippen LogP contribution in [0, 0.1) is 13.8 Å². The van der Waals surface area contributed by atoms with Crippen molar-refractivity contribution >= 4 is 11.7 Å². The van der Waals surface area contributed by atoms with Crippen molar-refractivity contribution in [3.8, 4) is 5.75 Å². The monoisotopic (exact) mass is 285 g/mol. The fourth-order valence-electron chi connectivity index (χ4n) is 2.29. The first-order valence-electron chi connectivity index (χ1n) is 6.78. The number of hydrogen-bond acceptors (Lipinski definition) is 3. The minimum atomic E-state index is -0.936. The lowest BCUT2D eigenvalue weighted by atomic mass is 10.0. The molecule has 2 aromatic carbocycles. The van der Waals surface area contributed by atoms with Gasteiger partial charge in [-0.25, -0.2) is 4.79 Å². The second-order valence-electron chi connectivity index (χ2n) is 5.26. The van der Waals surface area contributed by atoms with Crippen molar-refractivity contribution in [3.63, 3.8) is 0 Å². The summed E-state index contributed by atoms with van der Waals surface area (Å²) >= 11 is 0. The topological polar surface area (TPSA) is 69.6 Å². The summed E-state index contributed by atoms with van der Waals surface area (Å²) in [5.74, 6) is -0.677. The van der Waals surface area contributed by atoms with E-state index in [-0.39, 0.29) is 17.4 Å². The second-order valence-corrected chi connectivity index (χ2v) is 5.26. The van der Waals surface area contributed by atoms with Gasteiger partial charge in [-0.3, -0.25) is 0 Å². The molecule has 3 N–H and O–H groups in total. The number of aryl methyl sites for hydroxylation is 2. The predicted molar refractivity (Wildman–Crippen MR) is 83.0 cm³/mol. The molecule has 2 rings (SSSR count). The number of phenolic OH excluding ortho intramolecular Hbond substituents is 1. The highest BCUT2D eigenvalue weighted by molar-refractivity contribution is 5.88. The lowest BCUT2D eigenvalue weighted by molar-refractivity contribution is 0.0697. The Kier molecular flexibility index (Phi) is 4.17. The Morgan fingerprint density at radius 1 is 1.14 bits per heavy atom. The third-order valence-corrected chi connectivity index (χ3v) is 3.50. The van der Waals surface area contributed by atoms with Gasteiger partial charge in [-0.2, -0.15) is 0 Å². The first kappa shape index (κ1) is 14.9. The van der Waals surface area contributed by atoms with Crippen LogP contribution in [0.25, 0.3) is 0 Å². The van der Waals surface area contributed by atoms with Gasteiger partial charge in [0.15, 0.2) is 0 Å². The minimum Gasteiger partial charge on any atom is -0.508 e. The van der Waals surface area contributed by atoms with Crippen LogP contribution in [0.5, 0.6) is 5.75 Å². The number of aromatic hydroxyl groups is 1. The van der Waals surface area contributed by atoms with Gasteiger partial charge in [-0.05, 0) is 56.2 Å². The smallest absolute Gasteiger partial charge is 0.335 e. The largest absolute Gasteiger partial charge is 0.508 e. The zero-order valence-electron chi connectivity index (χ0n) is 12.3. The molecular formula is C17H19NO3. The summed E-state index contributed by atoms with van der Waals surface area (Å²) in [6.07, 6.45) is 0. The van der Waals surface area contributed by atoms with E-state index in [1.165, 1.54) is 0 Å². The van der Waals surface area contributed by atoms with Crippen molar-refractivity contribution < 1.29 is 15.0 Å². The van der Waals surface area contributed by atoms with Crippen LogP contribution in [0.3, 0.4) is 0 Å². The van der Waals surface area contributed by atoms with E-state index in [1.807, 2.05) is 32.9 Å². The molecule has 110 valence electrons. The average molecular weight is 285 g/mol. The summed E-state index contributed by atoms with van der Waals surface area (Å²) in [5.41, 5.74) is 3.79. The zero-order chi connectivity index (χ0) is 15.6. The number of rotatable bonds is 4. The molecule has 1 unspecified atom stereocenters. The van der Waals surface area contributed by atoms with E-state index < -0.39 is 5.97 Å². The van der Waals surface area contributed by atoms with Crippen molar-refractivity contribution in [1.82, 2.24) is 0 Å². The van der Waals surface area contributed by atoms with E-state index >= 15 is 0 Å². The van der Waals surface area contributed by atoms with Crippen LogP contribution in [0.15, 0.2) is 36.4 Å². The average Bonchev–Trinajstić information content (AvgIpc) is 2.40. The molecule has 4 nitrogen and oxygen atoms in total. The van der Waals surface area contributed by atoms with Gasteiger partial charge in [0.1, 0.15) is 5.75 Å². The molecule has 4 heteroatoms. The Labute approximate surface area is 124 Å². The highest BCUT2D eigenvalue weighted by atomic mass is 16.4. The maximum absolute atomic E-state index is 10.9. The number of aromatic carboxylic acids is 1. The molecule has 21 heavy (non-hydrogen) atoms. The van der Waals surface area contributed by atoms with Crippen LogP contribution in [-0.4, -0.2) is 16.2 Å². The van der Waals surface area contributed by atoms with Gasteiger partial charge in [0.25, 0.3) is 0 Å². The fourth-order valence-corrected chi connectivity index (χ4v) is 2.29. The molecule has 0 fully saturated rings. The summed E-state index contributed by atoms with van der Waals surface area (Å²) < 4.78 is 0. The van der Waals surface area contributed by atoms with Crippen LogP contribution < -0.4 is 5.32 Å². The molecule has 1 atom stereocenters. The maximum atomic E-state index is 10.9. The number of carboxylic acid groups (broad SMARTS) is 1. The number of hydrogen-bond donors (Lipinski definition) is 3. The summed E-state index contributed by atoms with van der Waals surface area (Å²) in [7, 11) is 0. The Bertz CT molecular complexity index is 680. The number of carboxylic acids is 1. The fraction of sp³-hybridized carbons (Fsp3) is 0.235. The SMILES string of the molecule is Cc1ccc(C(C)Nc2ccc(C(=O)O)cc2C)c(O)c1. The van der Waals surface area contributed by atoms with E-state index in [4.69, 9.17) is 5.11 Å². The van der Waals surface area contributed by atoms with E-state index in [0.717, 1.165) is 22.4 Å². The molecular weight excluding hydrogens is 266 g/mol. The minimum absolute atomic E-state index is 0.0834. The maximum Gasteiger partial charge on any atom is 0.335 e. The molecule has 0 aliphatic carbocycles. The van der Waals surface area contributed by atoms with Crippen LogP contribution in [0.1, 0.15) is 40.0 Å². The summed E-state index contributed by atoms with van der Waals surface area (Å²) in [5, 5.41) is 22.3. The van der Waals surface area contributed by atoms with Crippen molar-refractivity contribution in [1.29, 1.82) is 0 Å². The van der Waals surface area contributed by atoms with Crippen LogP contribution in [0.2, 0.25) is 0 Å². The van der Waals surface area contributed by atoms with E-state index in [1.54, 1.807) is 24.3 Å². The molecule has 0 heterocycles. The number of benzene rings is 2. The van der Waals surface area contributed by atoms with E-state index in [0.29, 0.717) is 0 Å². The standard InChI is InChI=1S/C17H19NO3/c1-10-4-6-14(16(19)8-10)12(3)18-15-7-5-13(17(20)21)9-11(15)2/h4-9,12,18-19H,1-3H3,(H,20,21). The zero-order valence-corrected chi connectivity index (χ0v) is 12.3. The van der Waals surface area contributed by atoms with E-state index in [9.17, 15) is 9.90 Å². The first-order chi connectivity index (χ1) is 9.88. The Balaban J connectivity index is 2.23. The normalized spacial score (nSPS) is 12.0. The molecule has 0 spiro atoms. The van der Waals surface area contributed by atoms with Gasteiger partial charge in [0.2, 0.25) is 0 Å². The second kappa shape index (κ2) is 5.87. The van der Waals surface area contributed by atoms with Gasteiger partial charge >= 0.3 is 5.97 Å². The van der Waals surface area contributed by atoms with Crippen LogP contribution in [-0.2, 0) is 0 Å². The number of nitrogens with one attached hydrogen (secondary N) is 1. The quantitative estimate of drug-likeness (QED) is 0.797. The molecule has 0 aliphatic heterocycles. The van der Waals surface area contributed by atoms with E-state index in [2.05, 4.69) is 5.32 Å². The van der Waals surface area contributed by atoms with Crippen molar-refractivity contribution in [2.45, 2.75) is 26.8 Å². The van der Waals surface area contributed by atoms with Gasteiger partial charge in [-0.1, -0.05) is 12.1 Å². The Hall–Kier alpha value is -2.49. The lowest BCUT2D eigenvalue weighted by Crippen LogP contribution is -2.08. The molecule has 0 aliphatic rings. The third-order valence-electron chi connectivity index (χ3n) is 3.50. The molecule has 0 saturated heterocycles. The molecule has 2 aromatic rings. The van der Waals surface area contributed by atoms with Gasteiger partial charge in [-0.15, -0.1) is 0 Å². The van der Waals surface area contributed by atoms with Crippen molar-refractivity contribution in [3.05, 3.63) is 58.7 Å². The number of anilines is 1. The highest BCUT2D eigenvalue weighted by Crippen LogP contribution is 2.29. The molecule has 0 radical (unpaired) electrons.